The molecule has 0 radical (unpaired) electrons. The Bertz CT molecular complexity index is 501. The van der Waals surface area contributed by atoms with E-state index >= 15 is 0 Å². The van der Waals surface area contributed by atoms with Gasteiger partial charge in [0.2, 0.25) is 0 Å². The summed E-state index contributed by atoms with van der Waals surface area (Å²) in [6.07, 6.45) is 2.26. The molecule has 4 nitrogen and oxygen atoms in total. The summed E-state index contributed by atoms with van der Waals surface area (Å²) < 4.78 is 23.2. The van der Waals surface area contributed by atoms with E-state index in [0.717, 1.165) is 6.42 Å². The van der Waals surface area contributed by atoms with Crippen molar-refractivity contribution in [3.63, 3.8) is 0 Å². The highest BCUT2D eigenvalue weighted by Crippen LogP contribution is 2.50. The highest BCUT2D eigenvalue weighted by atomic mass is 32.2. The highest BCUT2D eigenvalue weighted by Gasteiger charge is 2.47. The van der Waals surface area contributed by atoms with Gasteiger partial charge in [0.05, 0.1) is 5.25 Å². The van der Waals surface area contributed by atoms with Crippen LogP contribution in [-0.2, 0) is 9.84 Å². The van der Waals surface area contributed by atoms with Gasteiger partial charge in [0, 0.05) is 12.3 Å². The van der Waals surface area contributed by atoms with Crippen LogP contribution < -0.4 is 11.3 Å². The third kappa shape index (κ3) is 2.74. The monoisotopic (exact) mass is 268 g/mol. The molecule has 0 bridgehead atoms. The van der Waals surface area contributed by atoms with Gasteiger partial charge >= 0.3 is 0 Å². The zero-order chi connectivity index (χ0) is 13.3. The maximum absolute atomic E-state index is 11.6. The lowest BCUT2D eigenvalue weighted by Crippen LogP contribution is -2.47. The van der Waals surface area contributed by atoms with Gasteiger partial charge in [0.15, 0.2) is 9.84 Å². The maximum Gasteiger partial charge on any atom is 0.151 e. The minimum absolute atomic E-state index is 0.176. The SMILES string of the molecule is CC(C(NN)C1CC1c1ccccc1)S(C)(=O)=O. The molecule has 0 spiro atoms. The van der Waals surface area contributed by atoms with E-state index in [-0.39, 0.29) is 6.04 Å². The molecule has 0 aliphatic heterocycles. The second-order valence-corrected chi connectivity index (χ2v) is 7.55. The van der Waals surface area contributed by atoms with Crippen molar-refractivity contribution >= 4 is 9.84 Å². The number of hydrogen-bond donors (Lipinski definition) is 2. The van der Waals surface area contributed by atoms with Crippen molar-refractivity contribution in [2.75, 3.05) is 6.26 Å². The lowest BCUT2D eigenvalue weighted by atomic mass is 10.0. The van der Waals surface area contributed by atoms with Crippen molar-refractivity contribution in [3.05, 3.63) is 35.9 Å². The summed E-state index contributed by atoms with van der Waals surface area (Å²) in [5.41, 5.74) is 3.96. The molecular formula is C13H20N2O2S. The molecule has 0 heterocycles. The summed E-state index contributed by atoms with van der Waals surface area (Å²) in [7, 11) is -3.07. The predicted molar refractivity (Wildman–Crippen MR) is 72.7 cm³/mol. The summed E-state index contributed by atoms with van der Waals surface area (Å²) in [6.45, 7) is 1.72. The molecule has 1 saturated carbocycles. The second-order valence-electron chi connectivity index (χ2n) is 5.14. The van der Waals surface area contributed by atoms with Crippen LogP contribution in [0.1, 0.15) is 24.8 Å². The smallest absolute Gasteiger partial charge is 0.151 e. The van der Waals surface area contributed by atoms with Gasteiger partial charge in [-0.15, -0.1) is 0 Å². The van der Waals surface area contributed by atoms with Crippen molar-refractivity contribution < 1.29 is 8.42 Å². The highest BCUT2D eigenvalue weighted by molar-refractivity contribution is 7.91. The minimum atomic E-state index is -3.07. The summed E-state index contributed by atoms with van der Waals surface area (Å²) in [5.74, 6) is 6.27. The summed E-state index contributed by atoms with van der Waals surface area (Å²) >= 11 is 0. The number of benzene rings is 1. The predicted octanol–water partition coefficient (Wildman–Crippen LogP) is 1.06. The fourth-order valence-electron chi connectivity index (χ4n) is 2.57. The first-order valence-electron chi connectivity index (χ1n) is 6.15. The quantitative estimate of drug-likeness (QED) is 0.618. The Hall–Kier alpha value is -0.910. The molecule has 4 atom stereocenters. The Labute approximate surface area is 108 Å². The van der Waals surface area contributed by atoms with E-state index in [1.165, 1.54) is 11.8 Å². The van der Waals surface area contributed by atoms with Crippen molar-refractivity contribution in [1.82, 2.24) is 5.43 Å². The van der Waals surface area contributed by atoms with Crippen LogP contribution in [0.15, 0.2) is 30.3 Å². The Kier molecular flexibility index (Phi) is 3.75. The third-order valence-electron chi connectivity index (χ3n) is 3.90. The van der Waals surface area contributed by atoms with Gasteiger partial charge in [-0.25, -0.2) is 8.42 Å². The summed E-state index contributed by atoms with van der Waals surface area (Å²) in [5, 5.41) is -0.457. The fourth-order valence-corrected chi connectivity index (χ4v) is 3.38. The van der Waals surface area contributed by atoms with E-state index in [0.29, 0.717) is 11.8 Å². The van der Waals surface area contributed by atoms with Crippen molar-refractivity contribution in [1.29, 1.82) is 0 Å². The van der Waals surface area contributed by atoms with Crippen LogP contribution >= 0.6 is 0 Å². The zero-order valence-electron chi connectivity index (χ0n) is 10.7. The van der Waals surface area contributed by atoms with E-state index in [1.54, 1.807) is 6.92 Å². The van der Waals surface area contributed by atoms with Crippen LogP contribution in [0.25, 0.3) is 0 Å². The molecule has 1 aromatic carbocycles. The molecule has 1 aliphatic rings. The van der Waals surface area contributed by atoms with Crippen LogP contribution in [0, 0.1) is 5.92 Å². The maximum atomic E-state index is 11.6. The van der Waals surface area contributed by atoms with E-state index in [1.807, 2.05) is 18.2 Å². The first kappa shape index (κ1) is 13.5. The molecule has 18 heavy (non-hydrogen) atoms. The molecule has 3 N–H and O–H groups in total. The number of hydrogen-bond acceptors (Lipinski definition) is 4. The Morgan fingerprint density at radius 3 is 2.44 bits per heavy atom. The topological polar surface area (TPSA) is 72.2 Å². The van der Waals surface area contributed by atoms with Gasteiger partial charge in [0.1, 0.15) is 0 Å². The zero-order valence-corrected chi connectivity index (χ0v) is 11.5. The van der Waals surface area contributed by atoms with E-state index < -0.39 is 15.1 Å². The largest absolute Gasteiger partial charge is 0.271 e. The molecule has 1 fully saturated rings. The second kappa shape index (κ2) is 4.99. The number of nitrogens with one attached hydrogen (secondary N) is 1. The Morgan fingerprint density at radius 2 is 1.94 bits per heavy atom. The van der Waals surface area contributed by atoms with Gasteiger partial charge in [-0.1, -0.05) is 30.3 Å². The van der Waals surface area contributed by atoms with E-state index in [4.69, 9.17) is 5.84 Å². The Balaban J connectivity index is 2.10. The molecular weight excluding hydrogens is 248 g/mol. The lowest BCUT2D eigenvalue weighted by Gasteiger charge is -2.22. The Morgan fingerprint density at radius 1 is 1.33 bits per heavy atom. The van der Waals surface area contributed by atoms with Crippen LogP contribution in [0.2, 0.25) is 0 Å². The van der Waals surface area contributed by atoms with Gasteiger partial charge in [-0.3, -0.25) is 11.3 Å². The number of nitrogens with two attached hydrogens (primary N) is 1. The summed E-state index contributed by atoms with van der Waals surface area (Å²) in [4.78, 5) is 0. The average Bonchev–Trinajstić information content (AvgIpc) is 3.10. The minimum Gasteiger partial charge on any atom is -0.271 e. The standard InChI is InChI=1S/C13H20N2O2S/c1-9(18(2,16)17)13(15-14)12-8-11(12)10-6-4-3-5-7-10/h3-7,9,11-13,15H,8,14H2,1-2H3. The van der Waals surface area contributed by atoms with Crippen molar-refractivity contribution in [2.45, 2.75) is 30.6 Å². The van der Waals surface area contributed by atoms with Crippen LogP contribution in [0.5, 0.6) is 0 Å². The van der Waals surface area contributed by atoms with Gasteiger partial charge in [0.25, 0.3) is 0 Å². The number of rotatable bonds is 5. The third-order valence-corrected chi connectivity index (χ3v) is 5.55. The normalized spacial score (nSPS) is 26.6. The molecule has 1 aromatic rings. The van der Waals surface area contributed by atoms with Gasteiger partial charge in [-0.2, -0.15) is 0 Å². The molecule has 100 valence electrons. The van der Waals surface area contributed by atoms with Crippen molar-refractivity contribution in [2.24, 2.45) is 11.8 Å². The van der Waals surface area contributed by atoms with E-state index in [2.05, 4.69) is 17.6 Å². The lowest BCUT2D eigenvalue weighted by molar-refractivity contribution is 0.447. The fraction of sp³-hybridized carbons (Fsp3) is 0.538. The first-order valence-corrected chi connectivity index (χ1v) is 8.10. The molecule has 4 unspecified atom stereocenters. The summed E-state index contributed by atoms with van der Waals surface area (Å²) in [6, 6.07) is 10.0. The number of hydrazine groups is 1. The average molecular weight is 268 g/mol. The molecule has 2 rings (SSSR count). The first-order chi connectivity index (χ1) is 8.45. The molecule has 1 aliphatic carbocycles. The molecule has 0 aromatic heterocycles. The number of sulfone groups is 1. The van der Waals surface area contributed by atoms with Gasteiger partial charge < -0.3 is 0 Å². The van der Waals surface area contributed by atoms with Crippen LogP contribution in [0.4, 0.5) is 0 Å². The molecule has 0 saturated heterocycles. The van der Waals surface area contributed by atoms with Crippen molar-refractivity contribution in [3.8, 4) is 0 Å². The van der Waals surface area contributed by atoms with Crippen LogP contribution in [0.3, 0.4) is 0 Å². The van der Waals surface area contributed by atoms with Crippen LogP contribution in [-0.4, -0.2) is 26.0 Å². The molecule has 0 amide bonds. The van der Waals surface area contributed by atoms with E-state index in [9.17, 15) is 8.42 Å². The molecule has 5 heteroatoms. The van der Waals surface area contributed by atoms with Gasteiger partial charge in [-0.05, 0) is 30.7 Å².